The van der Waals surface area contributed by atoms with E-state index in [0.717, 1.165) is 0 Å². The molecule has 2 nitrogen and oxygen atoms in total. The first-order chi connectivity index (χ1) is 8.12. The average Bonchev–Trinajstić information content (AvgIpc) is 2.37. The van der Waals surface area contributed by atoms with Gasteiger partial charge in [-0.3, -0.25) is 0 Å². The van der Waals surface area contributed by atoms with Crippen LogP contribution in [-0.4, -0.2) is 4.21 Å². The van der Waals surface area contributed by atoms with Crippen molar-refractivity contribution >= 4 is 20.8 Å². The molecule has 86 valence electrons. The van der Waals surface area contributed by atoms with Crippen molar-refractivity contribution in [1.82, 2.24) is 0 Å². The number of hydrogen-bond donors (Lipinski definition) is 0. The van der Waals surface area contributed by atoms with E-state index in [1.54, 1.807) is 36.4 Å². The van der Waals surface area contributed by atoms with Gasteiger partial charge in [0.25, 0.3) is 0 Å². The summed E-state index contributed by atoms with van der Waals surface area (Å²) >= 11 is 0. The summed E-state index contributed by atoms with van der Waals surface area (Å²) in [6.07, 6.45) is 0. The second-order valence-electron chi connectivity index (χ2n) is 3.67. The molecule has 1 heterocycles. The van der Waals surface area contributed by atoms with Gasteiger partial charge in [0.1, 0.15) is 10.0 Å². The van der Waals surface area contributed by atoms with Crippen LogP contribution >= 0.6 is 10.0 Å². The zero-order valence-electron chi connectivity index (χ0n) is 8.67. The Morgan fingerprint density at radius 2 is 1.35 bits per heavy atom. The van der Waals surface area contributed by atoms with Gasteiger partial charge in [-0.15, -0.1) is 3.89 Å². The maximum atomic E-state index is 14.5. The average molecular weight is 265 g/mol. The largest absolute Gasteiger partial charge is 0.249 e. The third-order valence-electron chi connectivity index (χ3n) is 2.68. The van der Waals surface area contributed by atoms with Gasteiger partial charge in [0, 0.05) is 0 Å². The predicted octanol–water partition coefficient (Wildman–Crippen LogP) is 3.75. The Kier molecular flexibility index (Phi) is 2.23. The molecule has 2 aromatic rings. The van der Waals surface area contributed by atoms with Crippen LogP contribution < -0.4 is 0 Å². The van der Waals surface area contributed by atoms with Crippen molar-refractivity contribution in [2.45, 2.75) is 19.6 Å². The van der Waals surface area contributed by atoms with E-state index < -0.39 is 20.8 Å². The van der Waals surface area contributed by atoms with Crippen LogP contribution in [0.2, 0.25) is 0 Å². The van der Waals surface area contributed by atoms with Crippen LogP contribution in [0.25, 0.3) is 0 Å². The fourth-order valence-electron chi connectivity index (χ4n) is 1.89. The maximum Gasteiger partial charge on any atom is 0.140 e. The minimum Gasteiger partial charge on any atom is -0.249 e. The summed E-state index contributed by atoms with van der Waals surface area (Å²) in [5, 5.41) is 0. The number of halogens is 1. The molecule has 0 spiro atoms. The molecule has 0 radical (unpaired) electrons. The van der Waals surface area contributed by atoms with E-state index >= 15 is 0 Å². The summed E-state index contributed by atoms with van der Waals surface area (Å²) in [5.41, 5.74) is 0. The van der Waals surface area contributed by atoms with Crippen molar-refractivity contribution in [1.29, 1.82) is 4.61 Å². The Morgan fingerprint density at radius 3 is 1.82 bits per heavy atom. The van der Waals surface area contributed by atoms with Crippen LogP contribution in [-0.2, 0) is 10.8 Å². The SMILES string of the molecule is N#S1(F)c2ccccc2S(=O)c2ccccc21. The van der Waals surface area contributed by atoms with Crippen molar-refractivity contribution in [2.24, 2.45) is 0 Å². The molecule has 0 N–H and O–H groups in total. The molecule has 0 amide bonds. The van der Waals surface area contributed by atoms with Gasteiger partial charge < -0.3 is 0 Å². The van der Waals surface area contributed by atoms with Crippen LogP contribution in [0.4, 0.5) is 3.89 Å². The zero-order valence-corrected chi connectivity index (χ0v) is 10.3. The maximum absolute atomic E-state index is 14.5. The Morgan fingerprint density at radius 1 is 0.941 bits per heavy atom. The fourth-order valence-corrected chi connectivity index (χ4v) is 5.57. The topological polar surface area (TPSA) is 40.9 Å². The van der Waals surface area contributed by atoms with E-state index in [9.17, 15) is 12.7 Å². The molecule has 0 saturated heterocycles. The van der Waals surface area contributed by atoms with E-state index in [0.29, 0.717) is 9.79 Å². The highest BCUT2D eigenvalue weighted by atomic mass is 32.3. The molecule has 3 rings (SSSR count). The Balaban J connectivity index is 2.44. The van der Waals surface area contributed by atoms with Crippen LogP contribution in [0.15, 0.2) is 68.1 Å². The third kappa shape index (κ3) is 1.40. The second kappa shape index (κ2) is 3.53. The summed E-state index contributed by atoms with van der Waals surface area (Å²) in [6, 6.07) is 12.9. The monoisotopic (exact) mass is 265 g/mol. The summed E-state index contributed by atoms with van der Waals surface area (Å²) in [7, 11) is -4.94. The van der Waals surface area contributed by atoms with Gasteiger partial charge in [-0.2, -0.15) is 4.61 Å². The first-order valence-corrected chi connectivity index (χ1v) is 7.61. The van der Waals surface area contributed by atoms with E-state index in [2.05, 4.69) is 0 Å². The molecule has 0 bridgehead atoms. The Hall–Kier alpha value is -1.42. The Labute approximate surface area is 102 Å². The number of benzene rings is 2. The van der Waals surface area contributed by atoms with Crippen LogP contribution in [0, 0.1) is 4.61 Å². The van der Waals surface area contributed by atoms with E-state index in [1.807, 2.05) is 0 Å². The zero-order chi connectivity index (χ0) is 12.0. The van der Waals surface area contributed by atoms with Crippen LogP contribution in [0.1, 0.15) is 0 Å². The highest BCUT2D eigenvalue weighted by molar-refractivity contribution is 8.18. The minimum absolute atomic E-state index is 0.150. The van der Waals surface area contributed by atoms with Crippen molar-refractivity contribution in [3.8, 4) is 0 Å². The summed E-state index contributed by atoms with van der Waals surface area (Å²) in [4.78, 5) is 1.03. The molecule has 0 unspecified atom stereocenters. The lowest BCUT2D eigenvalue weighted by atomic mass is 10.3. The van der Waals surface area contributed by atoms with Gasteiger partial charge in [-0.25, -0.2) is 4.21 Å². The van der Waals surface area contributed by atoms with Gasteiger partial charge in [-0.05, 0) is 24.3 Å². The highest BCUT2D eigenvalue weighted by Crippen LogP contribution is 2.58. The van der Waals surface area contributed by atoms with Gasteiger partial charge >= 0.3 is 0 Å². The molecule has 0 aromatic heterocycles. The fraction of sp³-hybridized carbons (Fsp3) is 0. The van der Waals surface area contributed by atoms with Gasteiger partial charge in [-0.1, -0.05) is 24.3 Å². The summed E-state index contributed by atoms with van der Waals surface area (Å²) < 4.78 is 36.9. The number of fused-ring (bicyclic) bond motifs is 2. The lowest BCUT2D eigenvalue weighted by Gasteiger charge is -2.22. The molecular weight excluding hydrogens is 257 g/mol. The van der Waals surface area contributed by atoms with Gasteiger partial charge in [0.2, 0.25) is 0 Å². The van der Waals surface area contributed by atoms with Crippen LogP contribution in [0.3, 0.4) is 0 Å². The summed E-state index contributed by atoms with van der Waals surface area (Å²) in [6.45, 7) is 0. The van der Waals surface area contributed by atoms with Crippen molar-refractivity contribution in [3.05, 3.63) is 48.5 Å². The number of hydrogen-bond acceptors (Lipinski definition) is 2. The number of rotatable bonds is 0. The normalized spacial score (nSPS) is 26.0. The molecule has 0 aliphatic carbocycles. The molecule has 5 heteroatoms. The first-order valence-electron chi connectivity index (χ1n) is 4.97. The molecular formula is C12H8FNOS2. The first kappa shape index (κ1) is 10.7. The second-order valence-corrected chi connectivity index (χ2v) is 6.98. The van der Waals surface area contributed by atoms with E-state index in [1.165, 1.54) is 12.1 Å². The van der Waals surface area contributed by atoms with Crippen LogP contribution in [0.5, 0.6) is 0 Å². The number of nitrogens with zero attached hydrogens (tertiary/aromatic N) is 1. The lowest BCUT2D eigenvalue weighted by Crippen LogP contribution is -2.05. The van der Waals surface area contributed by atoms with Crippen molar-refractivity contribution < 1.29 is 8.09 Å². The Bertz CT molecular complexity index is 689. The van der Waals surface area contributed by atoms with E-state index in [4.69, 9.17) is 0 Å². The molecule has 1 aliphatic heterocycles. The standard InChI is InChI=1S/C12H8FNOS2/c13-17(14)11-7-3-1-5-9(11)16(15)10-6-2-4-8-12(10)17/h1-8H. The molecule has 0 saturated carbocycles. The molecule has 0 fully saturated rings. The smallest absolute Gasteiger partial charge is 0.140 e. The minimum atomic E-state index is -3.53. The quantitative estimate of drug-likeness (QED) is 0.727. The van der Waals surface area contributed by atoms with Gasteiger partial charge in [0.05, 0.1) is 30.4 Å². The summed E-state index contributed by atoms with van der Waals surface area (Å²) in [5.74, 6) is 0. The highest BCUT2D eigenvalue weighted by Gasteiger charge is 2.34. The van der Waals surface area contributed by atoms with Crippen molar-refractivity contribution in [2.75, 3.05) is 0 Å². The molecule has 17 heavy (non-hydrogen) atoms. The van der Waals surface area contributed by atoms with Gasteiger partial charge in [0.15, 0.2) is 0 Å². The third-order valence-corrected chi connectivity index (χ3v) is 6.33. The predicted molar refractivity (Wildman–Crippen MR) is 64.5 cm³/mol. The van der Waals surface area contributed by atoms with Crippen molar-refractivity contribution in [3.63, 3.8) is 0 Å². The lowest BCUT2D eigenvalue weighted by molar-refractivity contribution is 0.677. The molecule has 2 aromatic carbocycles. The van der Waals surface area contributed by atoms with E-state index in [-0.39, 0.29) is 9.79 Å². The molecule has 0 atom stereocenters. The molecule has 1 aliphatic rings.